The predicted octanol–water partition coefficient (Wildman–Crippen LogP) is 3.52. The van der Waals surface area contributed by atoms with Gasteiger partial charge in [0.1, 0.15) is 5.70 Å². The monoisotopic (exact) mass is 377 g/mol. The summed E-state index contributed by atoms with van der Waals surface area (Å²) in [6, 6.07) is 18.4. The Kier molecular flexibility index (Phi) is 5.96. The van der Waals surface area contributed by atoms with E-state index in [1.54, 1.807) is 13.0 Å². The molecule has 7 heteroatoms. The number of rotatable bonds is 6. The van der Waals surface area contributed by atoms with Gasteiger partial charge in [-0.05, 0) is 30.7 Å². The lowest BCUT2D eigenvalue weighted by Crippen LogP contribution is -2.27. The van der Waals surface area contributed by atoms with Crippen LogP contribution in [0.25, 0.3) is 17.5 Å². The van der Waals surface area contributed by atoms with Crippen LogP contribution in [-0.2, 0) is 14.3 Å². The molecule has 28 heavy (non-hydrogen) atoms. The molecule has 1 heterocycles. The second kappa shape index (κ2) is 8.77. The highest BCUT2D eigenvalue weighted by Crippen LogP contribution is 2.22. The number of nitrogens with zero attached hydrogens (tertiary/aromatic N) is 2. The minimum atomic E-state index is -0.787. The molecule has 0 spiro atoms. The molecular weight excluding hydrogens is 358 g/mol. The van der Waals surface area contributed by atoms with E-state index in [0.717, 1.165) is 11.1 Å². The van der Waals surface area contributed by atoms with Crippen LogP contribution in [0.1, 0.15) is 31.4 Å². The van der Waals surface area contributed by atoms with Crippen LogP contribution in [0.4, 0.5) is 0 Å². The van der Waals surface area contributed by atoms with E-state index in [9.17, 15) is 9.59 Å². The summed E-state index contributed by atoms with van der Waals surface area (Å²) in [5.74, 6) is -0.587. The third-order valence-electron chi connectivity index (χ3n) is 3.73. The van der Waals surface area contributed by atoms with Crippen LogP contribution >= 0.6 is 0 Å². The summed E-state index contributed by atoms with van der Waals surface area (Å²) < 4.78 is 11.0. The van der Waals surface area contributed by atoms with Crippen molar-refractivity contribution in [3.05, 3.63) is 77.8 Å². The van der Waals surface area contributed by atoms with Crippen molar-refractivity contribution in [1.29, 1.82) is 0 Å². The van der Waals surface area contributed by atoms with Gasteiger partial charge in [-0.1, -0.05) is 48.5 Å². The van der Waals surface area contributed by atoms with Crippen molar-refractivity contribution < 1.29 is 18.7 Å². The predicted molar refractivity (Wildman–Crippen MR) is 102 cm³/mol. The molecule has 0 unspecified atom stereocenters. The number of amides is 1. The van der Waals surface area contributed by atoms with Crippen molar-refractivity contribution in [2.24, 2.45) is 0 Å². The second-order valence-electron chi connectivity index (χ2n) is 6.01. The fraction of sp³-hybridized carbons (Fsp3) is 0.143. The van der Waals surface area contributed by atoms with Gasteiger partial charge in [-0.25, -0.2) is 4.79 Å². The van der Waals surface area contributed by atoms with Gasteiger partial charge >= 0.3 is 5.97 Å². The highest BCUT2D eigenvalue weighted by atomic mass is 16.6. The van der Waals surface area contributed by atoms with E-state index in [1.807, 2.05) is 60.7 Å². The number of hydrogen-bond acceptors (Lipinski definition) is 6. The molecule has 3 aromatic rings. The molecule has 142 valence electrons. The average molecular weight is 377 g/mol. The Balaban J connectivity index is 1.75. The van der Waals surface area contributed by atoms with E-state index in [2.05, 4.69) is 15.5 Å². The molecular formula is C21H19N3O4. The van der Waals surface area contributed by atoms with E-state index in [1.165, 1.54) is 6.92 Å². The Morgan fingerprint density at radius 2 is 1.68 bits per heavy atom. The first-order chi connectivity index (χ1) is 13.5. The molecule has 0 fully saturated rings. The maximum absolute atomic E-state index is 12.5. The summed E-state index contributed by atoms with van der Waals surface area (Å²) in [6.45, 7) is 2.94. The lowest BCUT2D eigenvalue weighted by Gasteiger charge is -2.12. The molecule has 0 radical (unpaired) electrons. The number of nitrogens with one attached hydrogen (secondary N) is 1. The highest BCUT2D eigenvalue weighted by molar-refractivity contribution is 5.97. The molecule has 1 atom stereocenters. The maximum Gasteiger partial charge on any atom is 0.355 e. The van der Waals surface area contributed by atoms with E-state index in [-0.39, 0.29) is 17.5 Å². The minimum Gasteiger partial charge on any atom is -0.448 e. The standard InChI is InChI=1S/C21H19N3O4/c1-14(19-23-24-20(28-19)17-11-7-4-8-12-17)27-21(26)18(22-15(2)25)13-16-9-5-3-6-10-16/h3-14H,1-2H3,(H,22,25)/b18-13-/t14-/m1/s1. The van der Waals surface area contributed by atoms with Crippen LogP contribution in [0.2, 0.25) is 0 Å². The topological polar surface area (TPSA) is 94.3 Å². The highest BCUT2D eigenvalue weighted by Gasteiger charge is 2.22. The Morgan fingerprint density at radius 1 is 1.04 bits per heavy atom. The number of aromatic nitrogens is 2. The summed E-state index contributed by atoms with van der Waals surface area (Å²) in [4.78, 5) is 24.0. The SMILES string of the molecule is CC(=O)N/C(=C\c1ccccc1)C(=O)O[C@H](C)c1nnc(-c2ccccc2)o1. The first-order valence-electron chi connectivity index (χ1n) is 8.67. The molecule has 0 aliphatic heterocycles. The number of benzene rings is 2. The lowest BCUT2D eigenvalue weighted by molar-refractivity contribution is -0.146. The molecule has 1 aromatic heterocycles. The van der Waals surface area contributed by atoms with Gasteiger partial charge in [0.2, 0.25) is 11.8 Å². The van der Waals surface area contributed by atoms with E-state index in [0.29, 0.717) is 5.89 Å². The van der Waals surface area contributed by atoms with Crippen molar-refractivity contribution in [1.82, 2.24) is 15.5 Å². The Hall–Kier alpha value is -3.74. The zero-order valence-electron chi connectivity index (χ0n) is 15.5. The Morgan fingerprint density at radius 3 is 2.32 bits per heavy atom. The first-order valence-corrected chi connectivity index (χ1v) is 8.67. The van der Waals surface area contributed by atoms with Crippen LogP contribution < -0.4 is 5.32 Å². The molecule has 0 bridgehead atoms. The zero-order valence-corrected chi connectivity index (χ0v) is 15.5. The number of carbonyl (C=O) groups excluding carboxylic acids is 2. The van der Waals surface area contributed by atoms with Gasteiger partial charge in [-0.15, -0.1) is 10.2 Å². The summed E-state index contributed by atoms with van der Waals surface area (Å²) in [5.41, 5.74) is 1.54. The average Bonchev–Trinajstić information content (AvgIpc) is 3.19. The third-order valence-corrected chi connectivity index (χ3v) is 3.73. The van der Waals surface area contributed by atoms with Gasteiger partial charge in [0.15, 0.2) is 6.10 Å². The van der Waals surface area contributed by atoms with Gasteiger partial charge in [0.25, 0.3) is 5.89 Å². The van der Waals surface area contributed by atoms with Gasteiger partial charge in [-0.3, -0.25) is 4.79 Å². The largest absolute Gasteiger partial charge is 0.448 e. The normalized spacial score (nSPS) is 12.3. The quantitative estimate of drug-likeness (QED) is 0.522. The zero-order chi connectivity index (χ0) is 19.9. The molecule has 1 N–H and O–H groups in total. The van der Waals surface area contributed by atoms with Crippen LogP contribution in [0.3, 0.4) is 0 Å². The summed E-state index contributed by atoms with van der Waals surface area (Å²) in [6.07, 6.45) is 0.755. The van der Waals surface area contributed by atoms with E-state index in [4.69, 9.17) is 9.15 Å². The van der Waals surface area contributed by atoms with Crippen molar-refractivity contribution in [2.45, 2.75) is 20.0 Å². The number of carbonyl (C=O) groups is 2. The van der Waals surface area contributed by atoms with Crippen molar-refractivity contribution in [3.8, 4) is 11.5 Å². The van der Waals surface area contributed by atoms with Gasteiger partial charge < -0.3 is 14.5 Å². The third kappa shape index (κ3) is 4.91. The smallest absolute Gasteiger partial charge is 0.355 e. The summed E-state index contributed by atoms with van der Waals surface area (Å²) in [7, 11) is 0. The van der Waals surface area contributed by atoms with Gasteiger partial charge in [0, 0.05) is 12.5 Å². The molecule has 0 aliphatic rings. The molecule has 7 nitrogen and oxygen atoms in total. The van der Waals surface area contributed by atoms with Crippen LogP contribution in [0, 0.1) is 0 Å². The second-order valence-corrected chi connectivity index (χ2v) is 6.01. The van der Waals surface area contributed by atoms with E-state index >= 15 is 0 Å². The fourth-order valence-electron chi connectivity index (χ4n) is 2.42. The lowest BCUT2D eigenvalue weighted by atomic mass is 10.2. The molecule has 0 aliphatic carbocycles. The molecule has 1 amide bonds. The maximum atomic E-state index is 12.5. The number of hydrogen-bond donors (Lipinski definition) is 1. The van der Waals surface area contributed by atoms with Crippen LogP contribution in [0.15, 0.2) is 70.8 Å². The van der Waals surface area contributed by atoms with Crippen LogP contribution in [0.5, 0.6) is 0 Å². The van der Waals surface area contributed by atoms with Crippen molar-refractivity contribution in [2.75, 3.05) is 0 Å². The molecule has 2 aromatic carbocycles. The minimum absolute atomic E-state index is 0.0216. The van der Waals surface area contributed by atoms with E-state index < -0.39 is 12.1 Å². The summed E-state index contributed by atoms with van der Waals surface area (Å²) >= 11 is 0. The number of esters is 1. The summed E-state index contributed by atoms with van der Waals surface area (Å²) in [5, 5.41) is 10.4. The molecule has 3 rings (SSSR count). The van der Waals surface area contributed by atoms with Gasteiger partial charge in [0.05, 0.1) is 0 Å². The first kappa shape index (κ1) is 19.0. The van der Waals surface area contributed by atoms with Crippen LogP contribution in [-0.4, -0.2) is 22.1 Å². The molecule has 0 saturated heterocycles. The van der Waals surface area contributed by atoms with Crippen molar-refractivity contribution in [3.63, 3.8) is 0 Å². The van der Waals surface area contributed by atoms with Gasteiger partial charge in [-0.2, -0.15) is 0 Å². The fourth-order valence-corrected chi connectivity index (χ4v) is 2.42. The Labute approximate surface area is 162 Å². The number of ether oxygens (including phenoxy) is 1. The Bertz CT molecular complexity index is 981. The van der Waals surface area contributed by atoms with Crippen molar-refractivity contribution >= 4 is 18.0 Å². The molecule has 0 saturated carbocycles.